The van der Waals surface area contributed by atoms with Crippen molar-refractivity contribution >= 4 is 23.1 Å². The Balaban J connectivity index is 2.22. The van der Waals surface area contributed by atoms with Gasteiger partial charge in [0.05, 0.1) is 17.6 Å². The lowest BCUT2D eigenvalue weighted by Crippen LogP contribution is -2.32. The van der Waals surface area contributed by atoms with Crippen LogP contribution < -0.4 is 5.32 Å². The van der Waals surface area contributed by atoms with Crippen LogP contribution in [0.25, 0.3) is 11.0 Å². The number of carboxylic acid groups (broad SMARTS) is 1. The number of rotatable bonds is 3. The molecule has 0 unspecified atom stereocenters. The fraction of sp³-hybridized carbons (Fsp3) is 0.400. The molecule has 22 heavy (non-hydrogen) atoms. The molecule has 2 aromatic rings. The van der Waals surface area contributed by atoms with Crippen LogP contribution >= 0.6 is 0 Å². The predicted octanol–water partition coefficient (Wildman–Crippen LogP) is 2.30. The van der Waals surface area contributed by atoms with Gasteiger partial charge in [-0.1, -0.05) is 6.07 Å². The molecule has 0 aliphatic rings. The number of imidazole rings is 1. The zero-order chi connectivity index (χ0) is 16.5. The van der Waals surface area contributed by atoms with Gasteiger partial charge in [0.1, 0.15) is 16.9 Å². The Bertz CT molecular complexity index is 728. The Kier molecular flexibility index (Phi) is 4.07. The van der Waals surface area contributed by atoms with E-state index >= 15 is 0 Å². The van der Waals surface area contributed by atoms with Crippen molar-refractivity contribution in [3.63, 3.8) is 0 Å². The van der Waals surface area contributed by atoms with Gasteiger partial charge in [-0.2, -0.15) is 0 Å². The second-order valence-electron chi connectivity index (χ2n) is 5.92. The molecule has 1 heterocycles. The SMILES string of the molecule is Cn1c(CNC(=O)OC(C)(C)C)nc2c(C(=O)O)cccc21. The lowest BCUT2D eigenvalue weighted by atomic mass is 10.2. The molecule has 1 aromatic heterocycles. The van der Waals surface area contributed by atoms with E-state index in [1.54, 1.807) is 44.5 Å². The summed E-state index contributed by atoms with van der Waals surface area (Å²) < 4.78 is 6.90. The number of benzene rings is 1. The summed E-state index contributed by atoms with van der Waals surface area (Å²) in [6, 6.07) is 4.95. The zero-order valence-corrected chi connectivity index (χ0v) is 13.0. The maximum atomic E-state index is 11.7. The number of aryl methyl sites for hydroxylation is 1. The Morgan fingerprint density at radius 3 is 2.64 bits per heavy atom. The number of carboxylic acids is 1. The highest BCUT2D eigenvalue weighted by Gasteiger charge is 2.18. The van der Waals surface area contributed by atoms with Crippen LogP contribution in [0.4, 0.5) is 4.79 Å². The molecule has 0 radical (unpaired) electrons. The van der Waals surface area contributed by atoms with Gasteiger partial charge in [0.15, 0.2) is 0 Å². The molecule has 0 aliphatic heterocycles. The lowest BCUT2D eigenvalue weighted by molar-refractivity contribution is 0.0521. The molecule has 0 spiro atoms. The number of ether oxygens (including phenoxy) is 1. The lowest BCUT2D eigenvalue weighted by Gasteiger charge is -2.19. The Morgan fingerprint density at radius 2 is 2.05 bits per heavy atom. The van der Waals surface area contributed by atoms with Crippen molar-refractivity contribution in [1.29, 1.82) is 0 Å². The highest BCUT2D eigenvalue weighted by atomic mass is 16.6. The molecule has 0 aliphatic carbocycles. The predicted molar refractivity (Wildman–Crippen MR) is 80.7 cm³/mol. The molecule has 0 bridgehead atoms. The van der Waals surface area contributed by atoms with Gasteiger partial charge in [-0.05, 0) is 32.9 Å². The Hall–Kier alpha value is -2.57. The van der Waals surface area contributed by atoms with Crippen molar-refractivity contribution in [3.8, 4) is 0 Å². The van der Waals surface area contributed by atoms with Gasteiger partial charge in [-0.3, -0.25) is 0 Å². The third-order valence-corrected chi connectivity index (χ3v) is 3.02. The van der Waals surface area contributed by atoms with Crippen molar-refractivity contribution in [2.75, 3.05) is 0 Å². The van der Waals surface area contributed by atoms with Crippen LogP contribution in [0.1, 0.15) is 37.0 Å². The smallest absolute Gasteiger partial charge is 0.408 e. The van der Waals surface area contributed by atoms with Crippen LogP contribution in [0.15, 0.2) is 18.2 Å². The van der Waals surface area contributed by atoms with E-state index in [0.29, 0.717) is 16.9 Å². The van der Waals surface area contributed by atoms with E-state index in [9.17, 15) is 14.7 Å². The molecule has 2 rings (SSSR count). The molecular formula is C15H19N3O4. The summed E-state index contributed by atoms with van der Waals surface area (Å²) in [5, 5.41) is 11.8. The van der Waals surface area contributed by atoms with E-state index in [2.05, 4.69) is 10.3 Å². The van der Waals surface area contributed by atoms with Crippen molar-refractivity contribution in [3.05, 3.63) is 29.6 Å². The van der Waals surface area contributed by atoms with Gasteiger partial charge >= 0.3 is 12.1 Å². The summed E-state index contributed by atoms with van der Waals surface area (Å²) in [4.78, 5) is 27.2. The van der Waals surface area contributed by atoms with E-state index < -0.39 is 17.7 Å². The minimum atomic E-state index is -1.03. The number of aromatic carboxylic acids is 1. The second kappa shape index (κ2) is 5.67. The third kappa shape index (κ3) is 3.36. The van der Waals surface area contributed by atoms with Crippen LogP contribution in [0.3, 0.4) is 0 Å². The molecule has 1 aromatic carbocycles. The van der Waals surface area contributed by atoms with E-state index in [-0.39, 0.29) is 12.1 Å². The van der Waals surface area contributed by atoms with Crippen LogP contribution in [0.5, 0.6) is 0 Å². The number of hydrogen-bond donors (Lipinski definition) is 2. The fourth-order valence-electron chi connectivity index (χ4n) is 2.06. The number of fused-ring (bicyclic) bond motifs is 1. The molecule has 0 fully saturated rings. The largest absolute Gasteiger partial charge is 0.478 e. The van der Waals surface area contributed by atoms with Crippen LogP contribution in [0, 0.1) is 0 Å². The number of nitrogens with zero attached hydrogens (tertiary/aromatic N) is 2. The summed E-state index contributed by atoms with van der Waals surface area (Å²) in [6.07, 6.45) is -0.544. The normalized spacial score (nSPS) is 11.5. The zero-order valence-electron chi connectivity index (χ0n) is 13.0. The molecular weight excluding hydrogens is 286 g/mol. The Labute approximate surface area is 127 Å². The summed E-state index contributed by atoms with van der Waals surface area (Å²) in [5.74, 6) is -0.482. The number of aromatic nitrogens is 2. The number of amides is 1. The summed E-state index contributed by atoms with van der Waals surface area (Å²) in [6.45, 7) is 5.49. The molecule has 0 saturated heterocycles. The molecule has 0 atom stereocenters. The monoisotopic (exact) mass is 305 g/mol. The molecule has 7 heteroatoms. The first-order chi connectivity index (χ1) is 10.2. The minimum Gasteiger partial charge on any atom is -0.478 e. The van der Waals surface area contributed by atoms with E-state index in [1.165, 1.54) is 6.07 Å². The van der Waals surface area contributed by atoms with Crippen LogP contribution in [0.2, 0.25) is 0 Å². The van der Waals surface area contributed by atoms with Crippen molar-refractivity contribution in [1.82, 2.24) is 14.9 Å². The number of hydrogen-bond acceptors (Lipinski definition) is 4. The molecule has 118 valence electrons. The van der Waals surface area contributed by atoms with Gasteiger partial charge in [-0.25, -0.2) is 14.6 Å². The molecule has 1 amide bonds. The number of nitrogens with one attached hydrogen (secondary N) is 1. The first-order valence-electron chi connectivity index (χ1n) is 6.83. The maximum Gasteiger partial charge on any atom is 0.408 e. The molecule has 7 nitrogen and oxygen atoms in total. The second-order valence-corrected chi connectivity index (χ2v) is 5.92. The third-order valence-electron chi connectivity index (χ3n) is 3.02. The molecule has 0 saturated carbocycles. The highest BCUT2D eigenvalue weighted by molar-refractivity contribution is 6.01. The van der Waals surface area contributed by atoms with Gasteiger partial charge in [0.2, 0.25) is 0 Å². The average molecular weight is 305 g/mol. The average Bonchev–Trinajstić information content (AvgIpc) is 2.71. The Morgan fingerprint density at radius 1 is 1.36 bits per heavy atom. The van der Waals surface area contributed by atoms with Crippen LogP contribution in [-0.2, 0) is 18.3 Å². The van der Waals surface area contributed by atoms with Crippen LogP contribution in [-0.4, -0.2) is 32.3 Å². The number of carbonyl (C=O) groups excluding carboxylic acids is 1. The van der Waals surface area contributed by atoms with E-state index in [1.807, 2.05) is 0 Å². The van der Waals surface area contributed by atoms with Gasteiger partial charge in [0.25, 0.3) is 0 Å². The topological polar surface area (TPSA) is 93.5 Å². The number of carbonyl (C=O) groups is 2. The van der Waals surface area contributed by atoms with Crippen molar-refractivity contribution < 1.29 is 19.4 Å². The number of para-hydroxylation sites is 1. The standard InChI is InChI=1S/C15H19N3O4/c1-15(2,3)22-14(21)16-8-11-17-12-9(13(19)20)6-5-7-10(12)18(11)4/h5-7H,8H2,1-4H3,(H,16,21)(H,19,20). The van der Waals surface area contributed by atoms with Gasteiger partial charge < -0.3 is 19.7 Å². The quantitative estimate of drug-likeness (QED) is 0.907. The first kappa shape index (κ1) is 15.8. The summed E-state index contributed by atoms with van der Waals surface area (Å²) in [5.41, 5.74) is 0.656. The summed E-state index contributed by atoms with van der Waals surface area (Å²) in [7, 11) is 1.77. The number of alkyl carbamates (subject to hydrolysis) is 1. The molecule has 2 N–H and O–H groups in total. The maximum absolute atomic E-state index is 11.7. The van der Waals surface area contributed by atoms with Gasteiger partial charge in [-0.15, -0.1) is 0 Å². The van der Waals surface area contributed by atoms with Gasteiger partial charge in [0, 0.05) is 7.05 Å². The minimum absolute atomic E-state index is 0.136. The first-order valence-corrected chi connectivity index (χ1v) is 6.83. The fourth-order valence-corrected chi connectivity index (χ4v) is 2.06. The van der Waals surface area contributed by atoms with Crippen molar-refractivity contribution in [2.45, 2.75) is 32.9 Å². The highest BCUT2D eigenvalue weighted by Crippen LogP contribution is 2.19. The van der Waals surface area contributed by atoms with E-state index in [4.69, 9.17) is 4.74 Å². The van der Waals surface area contributed by atoms with Crippen molar-refractivity contribution in [2.24, 2.45) is 7.05 Å². The van der Waals surface area contributed by atoms with E-state index in [0.717, 1.165) is 0 Å². The summed E-state index contributed by atoms with van der Waals surface area (Å²) >= 11 is 0.